The molecule has 4 aromatic rings. The van der Waals surface area contributed by atoms with Crippen molar-refractivity contribution in [1.82, 2.24) is 4.57 Å². The van der Waals surface area contributed by atoms with Crippen molar-refractivity contribution < 1.29 is 32.7 Å². The van der Waals surface area contributed by atoms with Crippen LogP contribution in [0.5, 0.6) is 5.75 Å². The summed E-state index contributed by atoms with van der Waals surface area (Å²) >= 11 is 0. The molecular weight excluding hydrogens is 402 g/mol. The summed E-state index contributed by atoms with van der Waals surface area (Å²) in [4.78, 5) is 38.1. The molecule has 3 aromatic heterocycles. The summed E-state index contributed by atoms with van der Waals surface area (Å²) < 4.78 is 22.4. The molecule has 0 atom stereocenters. The third kappa shape index (κ3) is 3.75. The third-order valence-corrected chi connectivity index (χ3v) is 4.59. The van der Waals surface area contributed by atoms with Gasteiger partial charge in [0, 0.05) is 11.1 Å². The summed E-state index contributed by atoms with van der Waals surface area (Å²) in [6.45, 7) is 5.11. The van der Waals surface area contributed by atoms with Crippen LogP contribution in [0.15, 0.2) is 63.8 Å². The number of carbonyl (C=O) groups is 3. The predicted octanol–water partition coefficient (Wildman–Crippen LogP) is 4.61. The highest BCUT2D eigenvalue weighted by Gasteiger charge is 2.27. The van der Waals surface area contributed by atoms with Crippen molar-refractivity contribution in [3.05, 3.63) is 77.8 Å². The molecule has 3 heterocycles. The fraction of sp³-hybridized carbons (Fsp3) is 0.174. The van der Waals surface area contributed by atoms with Gasteiger partial charge < -0.3 is 18.3 Å². The Balaban J connectivity index is 1.83. The second-order valence-electron chi connectivity index (χ2n) is 7.08. The van der Waals surface area contributed by atoms with Gasteiger partial charge >= 0.3 is 11.9 Å². The largest absolute Gasteiger partial charge is 0.459 e. The number of aromatic nitrogens is 1. The first-order chi connectivity index (χ1) is 14.9. The maximum Gasteiger partial charge on any atom is 0.379 e. The molecular formula is C23H19NO7. The second kappa shape index (κ2) is 7.98. The number of nitrogens with zero attached hydrogens (tertiary/aromatic N) is 1. The molecule has 8 heteroatoms. The molecule has 0 fully saturated rings. The second-order valence-corrected chi connectivity index (χ2v) is 7.08. The van der Waals surface area contributed by atoms with E-state index in [0.717, 1.165) is 0 Å². The molecule has 8 nitrogen and oxygen atoms in total. The van der Waals surface area contributed by atoms with E-state index in [2.05, 4.69) is 0 Å². The van der Waals surface area contributed by atoms with Crippen molar-refractivity contribution in [3.8, 4) is 5.75 Å². The highest BCUT2D eigenvalue weighted by molar-refractivity contribution is 6.11. The van der Waals surface area contributed by atoms with Crippen molar-refractivity contribution in [3.63, 3.8) is 0 Å². The Morgan fingerprint density at radius 2 is 1.61 bits per heavy atom. The average Bonchev–Trinajstić information content (AvgIpc) is 3.47. The van der Waals surface area contributed by atoms with Crippen molar-refractivity contribution >= 4 is 28.7 Å². The van der Waals surface area contributed by atoms with Crippen LogP contribution < -0.4 is 4.74 Å². The lowest BCUT2D eigenvalue weighted by molar-refractivity contribution is 0.0379. The summed E-state index contributed by atoms with van der Waals surface area (Å²) in [5.74, 6) is -1.35. The van der Waals surface area contributed by atoms with Crippen LogP contribution in [-0.4, -0.2) is 28.5 Å². The Hall–Kier alpha value is -4.07. The Bertz CT molecular complexity index is 1260. The maximum atomic E-state index is 13.0. The van der Waals surface area contributed by atoms with E-state index in [9.17, 15) is 14.4 Å². The molecule has 0 amide bonds. The lowest BCUT2D eigenvalue weighted by Gasteiger charge is -2.08. The molecule has 0 aliphatic rings. The van der Waals surface area contributed by atoms with E-state index in [1.54, 1.807) is 45.0 Å². The fourth-order valence-electron chi connectivity index (χ4n) is 3.32. The minimum atomic E-state index is -0.682. The molecule has 158 valence electrons. The van der Waals surface area contributed by atoms with Gasteiger partial charge in [0.1, 0.15) is 5.75 Å². The van der Waals surface area contributed by atoms with Gasteiger partial charge in [0.2, 0.25) is 5.76 Å². The van der Waals surface area contributed by atoms with Crippen LogP contribution in [0.2, 0.25) is 0 Å². The molecule has 0 N–H and O–H groups in total. The molecule has 0 aliphatic heterocycles. The summed E-state index contributed by atoms with van der Waals surface area (Å²) in [6.07, 6.45) is 2.41. The van der Waals surface area contributed by atoms with Gasteiger partial charge in [-0.15, -0.1) is 0 Å². The molecule has 4 rings (SSSR count). The van der Waals surface area contributed by atoms with E-state index >= 15 is 0 Å². The van der Waals surface area contributed by atoms with Gasteiger partial charge in [-0.3, -0.25) is 9.36 Å². The van der Waals surface area contributed by atoms with Gasteiger partial charge in [-0.05, 0) is 63.2 Å². The normalized spacial score (nSPS) is 11.1. The number of benzene rings is 1. The summed E-state index contributed by atoms with van der Waals surface area (Å²) in [5, 5.41) is 0.410. The zero-order valence-corrected chi connectivity index (χ0v) is 17.1. The molecule has 0 radical (unpaired) electrons. The summed E-state index contributed by atoms with van der Waals surface area (Å²) in [5.41, 5.74) is 1.04. The van der Waals surface area contributed by atoms with Crippen molar-refractivity contribution in [2.24, 2.45) is 0 Å². The van der Waals surface area contributed by atoms with Crippen LogP contribution >= 0.6 is 0 Å². The number of ether oxygens (including phenoxy) is 2. The van der Waals surface area contributed by atoms with Crippen LogP contribution in [0, 0.1) is 6.92 Å². The zero-order chi connectivity index (χ0) is 22.1. The first-order valence-electron chi connectivity index (χ1n) is 9.56. The molecule has 0 saturated heterocycles. The molecule has 0 bridgehead atoms. The predicted molar refractivity (Wildman–Crippen MR) is 109 cm³/mol. The van der Waals surface area contributed by atoms with E-state index in [0.29, 0.717) is 16.6 Å². The molecule has 0 spiro atoms. The molecule has 0 aliphatic carbocycles. The number of esters is 2. The number of rotatable bonds is 5. The first-order valence-corrected chi connectivity index (χ1v) is 9.56. The van der Waals surface area contributed by atoms with Gasteiger partial charge in [-0.2, -0.15) is 0 Å². The van der Waals surface area contributed by atoms with E-state index in [1.807, 2.05) is 0 Å². The standard InChI is InChI=1S/C23H19NO7/c1-13(2)30-23(27)20-14(3)24(21(25)18-6-4-10-28-18)17-9-8-15(12-16(17)20)31-22(26)19-7-5-11-29-19/h4-13H,1-3H3. The van der Waals surface area contributed by atoms with E-state index in [1.165, 1.54) is 35.3 Å². The van der Waals surface area contributed by atoms with Crippen LogP contribution in [0.1, 0.15) is 51.0 Å². The van der Waals surface area contributed by atoms with Crippen molar-refractivity contribution in [1.29, 1.82) is 0 Å². The topological polar surface area (TPSA) is 101 Å². The Labute approximate surface area is 177 Å². The SMILES string of the molecule is Cc1c(C(=O)OC(C)C)c2cc(OC(=O)c3ccco3)ccc2n1C(=O)c1ccco1. The summed E-state index contributed by atoms with van der Waals surface area (Å²) in [7, 11) is 0. The van der Waals surface area contributed by atoms with E-state index in [-0.39, 0.29) is 28.9 Å². The molecule has 0 unspecified atom stereocenters. The smallest absolute Gasteiger partial charge is 0.379 e. The highest BCUT2D eigenvalue weighted by Crippen LogP contribution is 2.31. The Kier molecular flexibility index (Phi) is 5.21. The quantitative estimate of drug-likeness (QED) is 0.343. The number of fused-ring (bicyclic) bond motifs is 1. The molecule has 1 aromatic carbocycles. The maximum absolute atomic E-state index is 13.0. The lowest BCUT2D eigenvalue weighted by Crippen LogP contribution is -2.16. The average molecular weight is 421 g/mol. The van der Waals surface area contributed by atoms with E-state index < -0.39 is 17.8 Å². The van der Waals surface area contributed by atoms with Gasteiger partial charge in [0.15, 0.2) is 5.76 Å². The van der Waals surface area contributed by atoms with Gasteiger partial charge in [-0.25, -0.2) is 9.59 Å². The van der Waals surface area contributed by atoms with Crippen LogP contribution in [0.3, 0.4) is 0 Å². The number of hydrogen-bond acceptors (Lipinski definition) is 7. The first kappa shape index (κ1) is 20.2. The highest BCUT2D eigenvalue weighted by atomic mass is 16.5. The minimum absolute atomic E-state index is 0.0429. The lowest BCUT2D eigenvalue weighted by atomic mass is 10.1. The molecule has 31 heavy (non-hydrogen) atoms. The van der Waals surface area contributed by atoms with Gasteiger partial charge in [0.25, 0.3) is 5.91 Å². The fourth-order valence-corrected chi connectivity index (χ4v) is 3.32. The number of furan rings is 2. The Morgan fingerprint density at radius 3 is 2.23 bits per heavy atom. The van der Waals surface area contributed by atoms with Crippen molar-refractivity contribution in [2.75, 3.05) is 0 Å². The number of carbonyl (C=O) groups excluding carboxylic acids is 3. The Morgan fingerprint density at radius 1 is 0.935 bits per heavy atom. The molecule has 0 saturated carbocycles. The van der Waals surface area contributed by atoms with Crippen LogP contribution in [0.25, 0.3) is 10.9 Å². The number of hydrogen-bond donors (Lipinski definition) is 0. The van der Waals surface area contributed by atoms with E-state index in [4.69, 9.17) is 18.3 Å². The van der Waals surface area contributed by atoms with Crippen LogP contribution in [0.4, 0.5) is 0 Å². The minimum Gasteiger partial charge on any atom is -0.459 e. The van der Waals surface area contributed by atoms with Crippen LogP contribution in [-0.2, 0) is 4.74 Å². The van der Waals surface area contributed by atoms with Gasteiger partial charge in [-0.1, -0.05) is 0 Å². The van der Waals surface area contributed by atoms with Gasteiger partial charge in [0.05, 0.1) is 29.7 Å². The van der Waals surface area contributed by atoms with Crippen molar-refractivity contribution in [2.45, 2.75) is 26.9 Å². The summed E-state index contributed by atoms with van der Waals surface area (Å²) in [6, 6.07) is 10.9. The monoisotopic (exact) mass is 421 g/mol. The third-order valence-electron chi connectivity index (χ3n) is 4.59. The zero-order valence-electron chi connectivity index (χ0n) is 17.1.